The van der Waals surface area contributed by atoms with E-state index in [-0.39, 0.29) is 5.56 Å². The fourth-order valence-corrected chi connectivity index (χ4v) is 1.84. The summed E-state index contributed by atoms with van der Waals surface area (Å²) in [6, 6.07) is 4.28. The van der Waals surface area contributed by atoms with Crippen LogP contribution in [0.15, 0.2) is 18.2 Å². The molecule has 16 heavy (non-hydrogen) atoms. The third-order valence-corrected chi connectivity index (χ3v) is 2.84. The van der Waals surface area contributed by atoms with Crippen LogP contribution in [0.1, 0.15) is 31.7 Å². The molecular formula is C12H15FO3. The number of phenols is 1. The van der Waals surface area contributed by atoms with Crippen LogP contribution in [0, 0.1) is 11.7 Å². The maximum Gasteiger partial charge on any atom is 0.306 e. The lowest BCUT2D eigenvalue weighted by Crippen LogP contribution is -2.19. The van der Waals surface area contributed by atoms with Crippen LogP contribution in [0.25, 0.3) is 0 Å². The summed E-state index contributed by atoms with van der Waals surface area (Å²) in [6.07, 6.45) is 0.508. The summed E-state index contributed by atoms with van der Waals surface area (Å²) in [4.78, 5) is 10.9. The molecule has 4 heteroatoms. The Labute approximate surface area is 93.5 Å². The molecule has 0 aliphatic carbocycles. The topological polar surface area (TPSA) is 57.5 Å². The highest BCUT2D eigenvalue weighted by molar-refractivity contribution is 5.71. The van der Waals surface area contributed by atoms with E-state index in [1.807, 2.05) is 0 Å². The maximum absolute atomic E-state index is 13.6. The van der Waals surface area contributed by atoms with E-state index in [2.05, 4.69) is 0 Å². The van der Waals surface area contributed by atoms with E-state index in [0.717, 1.165) is 0 Å². The van der Waals surface area contributed by atoms with Crippen LogP contribution in [0.5, 0.6) is 5.75 Å². The van der Waals surface area contributed by atoms with Crippen LogP contribution in [0.3, 0.4) is 0 Å². The molecule has 0 amide bonds. The molecule has 88 valence electrons. The van der Waals surface area contributed by atoms with Gasteiger partial charge in [0.2, 0.25) is 0 Å². The summed E-state index contributed by atoms with van der Waals surface area (Å²) in [6.45, 7) is 3.34. The van der Waals surface area contributed by atoms with Crippen LogP contribution < -0.4 is 0 Å². The minimum atomic E-state index is -0.963. The highest BCUT2D eigenvalue weighted by atomic mass is 19.1. The number of hydrogen-bond acceptors (Lipinski definition) is 2. The molecule has 0 spiro atoms. The summed E-state index contributed by atoms with van der Waals surface area (Å²) < 4.78 is 13.6. The lowest BCUT2D eigenvalue weighted by molar-refractivity contribution is -0.141. The summed E-state index contributed by atoms with van der Waals surface area (Å²) in [7, 11) is 0. The third kappa shape index (κ3) is 2.32. The van der Waals surface area contributed by atoms with E-state index in [9.17, 15) is 14.3 Å². The monoisotopic (exact) mass is 226 g/mol. The Morgan fingerprint density at radius 3 is 2.62 bits per heavy atom. The number of phenolic OH excluding ortho intramolecular Hbond substituents is 1. The summed E-state index contributed by atoms with van der Waals surface area (Å²) >= 11 is 0. The van der Waals surface area contributed by atoms with Crippen molar-refractivity contribution in [2.75, 3.05) is 0 Å². The number of aliphatic carboxylic acids is 1. The highest BCUT2D eigenvalue weighted by Gasteiger charge is 2.26. The fraction of sp³-hybridized carbons (Fsp3) is 0.417. The van der Waals surface area contributed by atoms with Gasteiger partial charge in [-0.2, -0.15) is 0 Å². The Hall–Kier alpha value is -1.58. The lowest BCUT2D eigenvalue weighted by atomic mass is 9.85. The van der Waals surface area contributed by atoms with Gasteiger partial charge in [0.05, 0.1) is 5.92 Å². The smallest absolute Gasteiger partial charge is 0.306 e. The number of carbonyl (C=O) groups is 1. The maximum atomic E-state index is 13.6. The molecule has 0 aromatic heterocycles. The summed E-state index contributed by atoms with van der Waals surface area (Å²) in [5, 5.41) is 18.2. The van der Waals surface area contributed by atoms with Crippen LogP contribution in [-0.2, 0) is 4.79 Å². The number of benzene rings is 1. The van der Waals surface area contributed by atoms with Crippen LogP contribution >= 0.6 is 0 Å². The van der Waals surface area contributed by atoms with E-state index in [4.69, 9.17) is 5.11 Å². The fourth-order valence-electron chi connectivity index (χ4n) is 1.84. The molecule has 0 heterocycles. The van der Waals surface area contributed by atoms with Crippen molar-refractivity contribution in [3.8, 4) is 5.75 Å². The molecule has 0 saturated heterocycles. The van der Waals surface area contributed by atoms with Gasteiger partial charge in [0.15, 0.2) is 11.6 Å². The molecule has 0 bridgehead atoms. The van der Waals surface area contributed by atoms with Gasteiger partial charge in [-0.25, -0.2) is 4.39 Å². The van der Waals surface area contributed by atoms with E-state index in [0.29, 0.717) is 6.42 Å². The Morgan fingerprint density at radius 2 is 2.12 bits per heavy atom. The first-order valence-corrected chi connectivity index (χ1v) is 5.19. The van der Waals surface area contributed by atoms with Gasteiger partial charge >= 0.3 is 5.97 Å². The van der Waals surface area contributed by atoms with Crippen molar-refractivity contribution in [1.29, 1.82) is 0 Å². The van der Waals surface area contributed by atoms with Gasteiger partial charge in [-0.1, -0.05) is 26.0 Å². The van der Waals surface area contributed by atoms with E-state index in [1.165, 1.54) is 18.2 Å². The molecule has 0 aliphatic rings. The molecule has 1 rings (SSSR count). The second-order valence-electron chi connectivity index (χ2n) is 3.82. The number of halogens is 1. The molecule has 1 aromatic rings. The molecule has 1 aromatic carbocycles. The summed E-state index contributed by atoms with van der Waals surface area (Å²) in [5.41, 5.74) is 0.261. The predicted octanol–water partition coefficient (Wildman–Crippen LogP) is 2.75. The molecule has 0 radical (unpaired) electrons. The normalized spacial score (nSPS) is 14.4. The Kier molecular flexibility index (Phi) is 3.88. The minimum absolute atomic E-state index is 0.261. The average Bonchev–Trinajstić information content (AvgIpc) is 2.24. The number of carboxylic acid groups (broad SMARTS) is 1. The van der Waals surface area contributed by atoms with Crippen molar-refractivity contribution in [3.05, 3.63) is 29.6 Å². The van der Waals surface area contributed by atoms with Crippen LogP contribution in [0.4, 0.5) is 4.39 Å². The molecule has 0 aliphatic heterocycles. The molecule has 0 saturated carbocycles. The second-order valence-corrected chi connectivity index (χ2v) is 3.82. The molecule has 2 atom stereocenters. The zero-order valence-corrected chi connectivity index (χ0v) is 9.27. The second kappa shape index (κ2) is 4.96. The molecule has 0 fully saturated rings. The van der Waals surface area contributed by atoms with E-state index >= 15 is 0 Å². The molecule has 3 nitrogen and oxygen atoms in total. The summed E-state index contributed by atoms with van der Waals surface area (Å²) in [5.74, 6) is -3.23. The average molecular weight is 226 g/mol. The SMILES string of the molecule is CC[C@H](c1cccc(O)c1F)C(C)C(=O)O. The minimum Gasteiger partial charge on any atom is -0.505 e. The van der Waals surface area contributed by atoms with Crippen molar-refractivity contribution < 1.29 is 19.4 Å². The van der Waals surface area contributed by atoms with Crippen molar-refractivity contribution >= 4 is 5.97 Å². The van der Waals surface area contributed by atoms with Gasteiger partial charge in [-0.15, -0.1) is 0 Å². The largest absolute Gasteiger partial charge is 0.505 e. The van der Waals surface area contributed by atoms with Crippen LogP contribution in [0.2, 0.25) is 0 Å². The first-order chi connectivity index (χ1) is 7.49. The van der Waals surface area contributed by atoms with Crippen molar-refractivity contribution in [3.63, 3.8) is 0 Å². The Morgan fingerprint density at radius 1 is 1.50 bits per heavy atom. The van der Waals surface area contributed by atoms with E-state index in [1.54, 1.807) is 13.8 Å². The van der Waals surface area contributed by atoms with Crippen LogP contribution in [-0.4, -0.2) is 16.2 Å². The van der Waals surface area contributed by atoms with Gasteiger partial charge in [0.25, 0.3) is 0 Å². The van der Waals surface area contributed by atoms with Crippen molar-refractivity contribution in [2.24, 2.45) is 5.92 Å². The van der Waals surface area contributed by atoms with Gasteiger partial charge in [0, 0.05) is 0 Å². The zero-order chi connectivity index (χ0) is 12.3. The molecular weight excluding hydrogens is 211 g/mol. The lowest BCUT2D eigenvalue weighted by Gasteiger charge is -2.20. The van der Waals surface area contributed by atoms with Crippen molar-refractivity contribution in [1.82, 2.24) is 0 Å². The van der Waals surface area contributed by atoms with Gasteiger partial charge in [0.1, 0.15) is 0 Å². The van der Waals surface area contributed by atoms with Gasteiger partial charge in [-0.05, 0) is 24.0 Å². The predicted molar refractivity (Wildman–Crippen MR) is 57.9 cm³/mol. The quantitative estimate of drug-likeness (QED) is 0.829. The molecule has 1 unspecified atom stereocenters. The van der Waals surface area contributed by atoms with Crippen molar-refractivity contribution in [2.45, 2.75) is 26.2 Å². The first-order valence-electron chi connectivity index (χ1n) is 5.19. The number of hydrogen-bond donors (Lipinski definition) is 2. The standard InChI is InChI=1S/C12H15FO3/c1-3-8(7(2)12(15)16)9-5-4-6-10(14)11(9)13/h4-8,14H,3H2,1-2H3,(H,15,16)/t7?,8-/m0/s1. The first kappa shape index (κ1) is 12.5. The third-order valence-electron chi connectivity index (χ3n) is 2.84. The Bertz CT molecular complexity index is 390. The number of rotatable bonds is 4. The zero-order valence-electron chi connectivity index (χ0n) is 9.27. The van der Waals surface area contributed by atoms with Gasteiger partial charge < -0.3 is 10.2 Å². The van der Waals surface area contributed by atoms with Gasteiger partial charge in [-0.3, -0.25) is 4.79 Å². The molecule has 2 N–H and O–H groups in total. The number of carboxylic acids is 1. The van der Waals surface area contributed by atoms with E-state index < -0.39 is 29.4 Å². The highest BCUT2D eigenvalue weighted by Crippen LogP contribution is 2.32. The number of aromatic hydroxyl groups is 1. The Balaban J connectivity index is 3.13.